The van der Waals surface area contributed by atoms with Gasteiger partial charge in [-0.15, -0.1) is 0 Å². The molecular weight excluding hydrogens is 336 g/mol. The van der Waals surface area contributed by atoms with Crippen molar-refractivity contribution in [2.24, 2.45) is 0 Å². The van der Waals surface area contributed by atoms with Gasteiger partial charge in [0, 0.05) is 57.2 Å². The van der Waals surface area contributed by atoms with E-state index in [9.17, 15) is 4.79 Å². The van der Waals surface area contributed by atoms with Crippen molar-refractivity contribution in [2.45, 2.75) is 6.92 Å². The summed E-state index contributed by atoms with van der Waals surface area (Å²) in [7, 11) is 3.81. The molecular formula is C19H23ClN4O. The highest BCUT2D eigenvalue weighted by Gasteiger charge is 2.25. The van der Waals surface area contributed by atoms with E-state index in [4.69, 9.17) is 11.6 Å². The van der Waals surface area contributed by atoms with Crippen molar-refractivity contribution >= 4 is 29.0 Å². The lowest BCUT2D eigenvalue weighted by Gasteiger charge is -2.37. The van der Waals surface area contributed by atoms with Gasteiger partial charge >= 0.3 is 0 Å². The average molecular weight is 359 g/mol. The van der Waals surface area contributed by atoms with E-state index in [1.165, 1.54) is 5.69 Å². The number of carbonyl (C=O) groups excluding carboxylic acids is 1. The lowest BCUT2D eigenvalue weighted by atomic mass is 10.1. The van der Waals surface area contributed by atoms with Gasteiger partial charge in [-0.25, -0.2) is 4.98 Å². The standard InChI is InChI=1S/C19H23ClN4O/c1-14-13-15(20)6-7-17(14)23-9-11-24(12-10-23)19(25)16-5-4-8-21-18(16)22(2)3/h4-8,13H,9-12H2,1-3H3. The average Bonchev–Trinajstić information content (AvgIpc) is 2.61. The van der Waals surface area contributed by atoms with Crippen molar-refractivity contribution in [3.8, 4) is 0 Å². The Bertz CT molecular complexity index is 770. The molecule has 5 nitrogen and oxygen atoms in total. The number of nitrogens with zero attached hydrogens (tertiary/aromatic N) is 4. The molecule has 0 unspecified atom stereocenters. The van der Waals surface area contributed by atoms with Crippen LogP contribution >= 0.6 is 11.6 Å². The lowest BCUT2D eigenvalue weighted by molar-refractivity contribution is 0.0747. The van der Waals surface area contributed by atoms with Gasteiger partial charge in [0.25, 0.3) is 5.91 Å². The zero-order chi connectivity index (χ0) is 18.0. The normalized spacial score (nSPS) is 14.6. The minimum absolute atomic E-state index is 0.0456. The number of benzene rings is 1. The van der Waals surface area contributed by atoms with Gasteiger partial charge < -0.3 is 14.7 Å². The molecule has 6 heteroatoms. The van der Waals surface area contributed by atoms with E-state index < -0.39 is 0 Å². The molecule has 3 rings (SSSR count). The second kappa shape index (κ2) is 7.31. The van der Waals surface area contributed by atoms with E-state index in [0.717, 1.165) is 23.7 Å². The molecule has 0 N–H and O–H groups in total. The third-order valence-corrected chi connectivity index (χ3v) is 4.74. The Morgan fingerprint density at radius 1 is 1.16 bits per heavy atom. The van der Waals surface area contributed by atoms with Crippen molar-refractivity contribution in [1.29, 1.82) is 0 Å². The van der Waals surface area contributed by atoms with Gasteiger partial charge in [0.15, 0.2) is 0 Å². The first kappa shape index (κ1) is 17.5. The molecule has 0 atom stereocenters. The Balaban J connectivity index is 1.71. The summed E-state index contributed by atoms with van der Waals surface area (Å²) in [6.07, 6.45) is 1.72. The van der Waals surface area contributed by atoms with Crippen LogP contribution in [-0.2, 0) is 0 Å². The number of amides is 1. The molecule has 0 aliphatic carbocycles. The smallest absolute Gasteiger partial charge is 0.257 e. The van der Waals surface area contributed by atoms with Gasteiger partial charge in [0.05, 0.1) is 5.56 Å². The molecule has 0 radical (unpaired) electrons. The molecule has 132 valence electrons. The maximum absolute atomic E-state index is 12.9. The maximum atomic E-state index is 12.9. The van der Waals surface area contributed by atoms with Gasteiger partial charge in [-0.2, -0.15) is 0 Å². The zero-order valence-electron chi connectivity index (χ0n) is 14.9. The number of aryl methyl sites for hydroxylation is 1. The number of aromatic nitrogens is 1. The first-order valence-electron chi connectivity index (χ1n) is 8.40. The van der Waals surface area contributed by atoms with Crippen LogP contribution in [-0.4, -0.2) is 56.1 Å². The first-order chi connectivity index (χ1) is 12.0. The summed E-state index contributed by atoms with van der Waals surface area (Å²) < 4.78 is 0. The predicted octanol–water partition coefficient (Wildman–Crippen LogP) is 3.07. The van der Waals surface area contributed by atoms with Crippen molar-refractivity contribution in [2.75, 3.05) is 50.1 Å². The van der Waals surface area contributed by atoms with Crippen LogP contribution in [0, 0.1) is 6.92 Å². The molecule has 1 aromatic heterocycles. The highest BCUT2D eigenvalue weighted by Crippen LogP contribution is 2.25. The minimum atomic E-state index is 0.0456. The number of anilines is 2. The molecule has 1 fully saturated rings. The fraction of sp³-hybridized carbons (Fsp3) is 0.368. The monoisotopic (exact) mass is 358 g/mol. The van der Waals surface area contributed by atoms with Gasteiger partial charge in [-0.1, -0.05) is 11.6 Å². The van der Waals surface area contributed by atoms with Gasteiger partial charge in [-0.3, -0.25) is 4.79 Å². The Kier molecular flexibility index (Phi) is 5.13. The van der Waals surface area contributed by atoms with Crippen LogP contribution in [0.15, 0.2) is 36.5 Å². The molecule has 0 spiro atoms. The summed E-state index contributed by atoms with van der Waals surface area (Å²) in [4.78, 5) is 23.3. The number of halogens is 1. The maximum Gasteiger partial charge on any atom is 0.257 e. The van der Waals surface area contributed by atoms with E-state index in [-0.39, 0.29) is 5.91 Å². The Morgan fingerprint density at radius 2 is 1.88 bits per heavy atom. The van der Waals surface area contributed by atoms with Crippen LogP contribution < -0.4 is 9.80 Å². The highest BCUT2D eigenvalue weighted by atomic mass is 35.5. The number of hydrogen-bond acceptors (Lipinski definition) is 4. The Labute approximate surface area is 153 Å². The molecule has 25 heavy (non-hydrogen) atoms. The predicted molar refractivity (Wildman–Crippen MR) is 103 cm³/mol. The SMILES string of the molecule is Cc1cc(Cl)ccc1N1CCN(C(=O)c2cccnc2N(C)C)CC1. The lowest BCUT2D eigenvalue weighted by Crippen LogP contribution is -2.49. The van der Waals surface area contributed by atoms with E-state index in [1.807, 2.05) is 48.2 Å². The third-order valence-electron chi connectivity index (χ3n) is 4.51. The summed E-state index contributed by atoms with van der Waals surface area (Å²) in [6, 6.07) is 9.61. The summed E-state index contributed by atoms with van der Waals surface area (Å²) in [5.41, 5.74) is 3.00. The van der Waals surface area contributed by atoms with Gasteiger partial charge in [0.1, 0.15) is 5.82 Å². The number of carbonyl (C=O) groups is 1. The molecule has 0 bridgehead atoms. The molecule has 2 aromatic rings. The van der Waals surface area contributed by atoms with E-state index in [1.54, 1.807) is 6.20 Å². The number of piperazine rings is 1. The summed E-state index contributed by atoms with van der Waals surface area (Å²) >= 11 is 6.05. The first-order valence-corrected chi connectivity index (χ1v) is 8.78. The summed E-state index contributed by atoms with van der Waals surface area (Å²) in [6.45, 7) is 5.08. The largest absolute Gasteiger partial charge is 0.368 e. The Hall–Kier alpha value is -2.27. The van der Waals surface area contributed by atoms with Crippen LogP contribution in [0.2, 0.25) is 5.02 Å². The van der Waals surface area contributed by atoms with Crippen molar-refractivity contribution in [1.82, 2.24) is 9.88 Å². The van der Waals surface area contributed by atoms with Crippen molar-refractivity contribution < 1.29 is 4.79 Å². The molecule has 1 amide bonds. The molecule has 1 saturated heterocycles. The number of pyridine rings is 1. The Morgan fingerprint density at radius 3 is 2.52 bits per heavy atom. The molecule has 0 saturated carbocycles. The molecule has 1 aliphatic heterocycles. The topological polar surface area (TPSA) is 39.7 Å². The molecule has 1 aliphatic rings. The van der Waals surface area contributed by atoms with E-state index in [0.29, 0.717) is 24.5 Å². The van der Waals surface area contributed by atoms with Crippen molar-refractivity contribution in [3.63, 3.8) is 0 Å². The zero-order valence-corrected chi connectivity index (χ0v) is 15.6. The summed E-state index contributed by atoms with van der Waals surface area (Å²) in [5.74, 6) is 0.757. The highest BCUT2D eigenvalue weighted by molar-refractivity contribution is 6.30. The molecule has 1 aromatic carbocycles. The molecule has 2 heterocycles. The van der Waals surface area contributed by atoms with Gasteiger partial charge in [0.2, 0.25) is 0 Å². The second-order valence-corrected chi connectivity index (χ2v) is 6.92. The summed E-state index contributed by atoms with van der Waals surface area (Å²) in [5, 5.41) is 0.753. The van der Waals surface area contributed by atoms with Crippen LogP contribution in [0.3, 0.4) is 0 Å². The van der Waals surface area contributed by atoms with Crippen LogP contribution in [0.4, 0.5) is 11.5 Å². The third kappa shape index (κ3) is 3.71. The number of hydrogen-bond donors (Lipinski definition) is 0. The van der Waals surface area contributed by atoms with Crippen LogP contribution in [0.5, 0.6) is 0 Å². The van der Waals surface area contributed by atoms with Crippen LogP contribution in [0.25, 0.3) is 0 Å². The van der Waals surface area contributed by atoms with E-state index >= 15 is 0 Å². The fourth-order valence-corrected chi connectivity index (χ4v) is 3.44. The van der Waals surface area contributed by atoms with Crippen molar-refractivity contribution in [3.05, 3.63) is 52.7 Å². The number of rotatable bonds is 3. The minimum Gasteiger partial charge on any atom is -0.368 e. The second-order valence-electron chi connectivity index (χ2n) is 6.48. The van der Waals surface area contributed by atoms with E-state index in [2.05, 4.69) is 22.9 Å². The fourth-order valence-electron chi connectivity index (χ4n) is 3.21. The van der Waals surface area contributed by atoms with Gasteiger partial charge in [-0.05, 0) is 42.8 Å². The quantitative estimate of drug-likeness (QED) is 0.845. The van der Waals surface area contributed by atoms with Crippen LogP contribution in [0.1, 0.15) is 15.9 Å².